The molecule has 0 rings (SSSR count). The molecule has 0 spiro atoms. The number of nitrogens with zero attached hydrogens (tertiary/aromatic N) is 2. The van der Waals surface area contributed by atoms with Crippen LogP contribution in [-0.2, 0) is 10.1 Å². The SMILES string of the molecule is CCN(CC)C(=O)N=[S@@](=O)(F)C(C)(C)C. The van der Waals surface area contributed by atoms with Crippen molar-refractivity contribution in [2.24, 2.45) is 4.36 Å². The topological polar surface area (TPSA) is 49.7 Å². The average Bonchev–Trinajstić information content (AvgIpc) is 2.03. The zero-order valence-corrected chi connectivity index (χ0v) is 10.7. The predicted octanol–water partition coefficient (Wildman–Crippen LogP) is 2.60. The summed E-state index contributed by atoms with van der Waals surface area (Å²) in [6, 6.07) is -0.748. The quantitative estimate of drug-likeness (QED) is 0.694. The van der Waals surface area contributed by atoms with E-state index < -0.39 is 20.9 Å². The minimum Gasteiger partial charge on any atom is -0.323 e. The van der Waals surface area contributed by atoms with Crippen molar-refractivity contribution < 1.29 is 12.9 Å². The number of urea groups is 1. The maximum absolute atomic E-state index is 13.6. The Morgan fingerprint density at radius 3 is 2.00 bits per heavy atom. The van der Waals surface area contributed by atoms with Gasteiger partial charge in [0.25, 0.3) is 0 Å². The summed E-state index contributed by atoms with van der Waals surface area (Å²) in [7, 11) is -3.98. The minimum atomic E-state index is -3.98. The van der Waals surface area contributed by atoms with E-state index in [1.54, 1.807) is 13.8 Å². The Hall–Kier alpha value is -0.650. The third-order valence-electron chi connectivity index (χ3n) is 1.98. The lowest BCUT2D eigenvalue weighted by Gasteiger charge is -2.19. The Morgan fingerprint density at radius 2 is 1.73 bits per heavy atom. The maximum atomic E-state index is 13.6. The van der Waals surface area contributed by atoms with Gasteiger partial charge in [-0.2, -0.15) is 0 Å². The van der Waals surface area contributed by atoms with E-state index in [-0.39, 0.29) is 0 Å². The molecule has 0 N–H and O–H groups in total. The average molecular weight is 238 g/mol. The summed E-state index contributed by atoms with van der Waals surface area (Å²) in [6.45, 7) is 8.73. The Morgan fingerprint density at radius 1 is 1.33 bits per heavy atom. The molecule has 90 valence electrons. The highest BCUT2D eigenvalue weighted by atomic mass is 32.3. The summed E-state index contributed by atoms with van der Waals surface area (Å²) in [4.78, 5) is 12.7. The summed E-state index contributed by atoms with van der Waals surface area (Å²) in [5, 5.41) is 0. The van der Waals surface area contributed by atoms with E-state index in [0.29, 0.717) is 13.1 Å². The summed E-state index contributed by atoms with van der Waals surface area (Å²) >= 11 is 0. The summed E-state index contributed by atoms with van der Waals surface area (Å²) < 4.78 is 27.1. The summed E-state index contributed by atoms with van der Waals surface area (Å²) in [6.07, 6.45) is 0. The summed E-state index contributed by atoms with van der Waals surface area (Å²) in [5.41, 5.74) is 0. The monoisotopic (exact) mass is 238 g/mol. The molecule has 2 amide bonds. The van der Waals surface area contributed by atoms with Gasteiger partial charge in [-0.05, 0) is 34.6 Å². The maximum Gasteiger partial charge on any atom is 0.353 e. The molecule has 0 aromatic carbocycles. The molecule has 0 unspecified atom stereocenters. The van der Waals surface area contributed by atoms with Crippen LogP contribution in [0.2, 0.25) is 0 Å². The standard InChI is InChI=1S/C9H19FN2O2S/c1-6-12(7-2)8(13)11-15(10,14)9(3,4)5/h6-7H2,1-5H3/t15-/m0/s1. The molecular formula is C9H19FN2O2S. The van der Waals surface area contributed by atoms with Crippen LogP contribution in [-0.4, -0.2) is 33.0 Å². The van der Waals surface area contributed by atoms with Crippen LogP contribution in [0.1, 0.15) is 34.6 Å². The molecule has 0 aliphatic rings. The molecule has 0 aliphatic heterocycles. The van der Waals surface area contributed by atoms with Crippen LogP contribution in [0.3, 0.4) is 0 Å². The third kappa shape index (κ3) is 3.77. The highest BCUT2D eigenvalue weighted by Gasteiger charge is 2.28. The van der Waals surface area contributed by atoms with Gasteiger partial charge in [0.05, 0.1) is 4.75 Å². The smallest absolute Gasteiger partial charge is 0.323 e. The summed E-state index contributed by atoms with van der Waals surface area (Å²) in [5.74, 6) is 0. The fourth-order valence-corrected chi connectivity index (χ4v) is 1.38. The van der Waals surface area contributed by atoms with Crippen molar-refractivity contribution in [3.8, 4) is 0 Å². The van der Waals surface area contributed by atoms with Crippen molar-refractivity contribution in [1.29, 1.82) is 0 Å². The van der Waals surface area contributed by atoms with Crippen molar-refractivity contribution >= 4 is 16.1 Å². The van der Waals surface area contributed by atoms with Crippen LogP contribution >= 0.6 is 0 Å². The van der Waals surface area contributed by atoms with E-state index in [0.717, 1.165) is 0 Å². The van der Waals surface area contributed by atoms with Gasteiger partial charge in [-0.15, -0.1) is 8.25 Å². The molecule has 0 heterocycles. The van der Waals surface area contributed by atoms with Gasteiger partial charge in [-0.3, -0.25) is 0 Å². The molecule has 0 saturated heterocycles. The number of rotatable bonds is 2. The Bertz CT molecular complexity index is 337. The van der Waals surface area contributed by atoms with Crippen molar-refractivity contribution in [1.82, 2.24) is 4.90 Å². The van der Waals surface area contributed by atoms with Crippen molar-refractivity contribution in [2.75, 3.05) is 13.1 Å². The van der Waals surface area contributed by atoms with E-state index in [1.807, 2.05) is 0 Å². The first kappa shape index (κ1) is 14.3. The lowest BCUT2D eigenvalue weighted by Crippen LogP contribution is -2.31. The van der Waals surface area contributed by atoms with Crippen LogP contribution in [0, 0.1) is 0 Å². The van der Waals surface area contributed by atoms with Crippen LogP contribution < -0.4 is 0 Å². The third-order valence-corrected chi connectivity index (χ3v) is 3.89. The van der Waals surface area contributed by atoms with E-state index in [1.165, 1.54) is 25.7 Å². The molecule has 0 aromatic heterocycles. The lowest BCUT2D eigenvalue weighted by atomic mass is 10.3. The Kier molecular flexibility index (Phi) is 4.70. The first-order valence-corrected chi connectivity index (χ1v) is 6.32. The zero-order valence-electron chi connectivity index (χ0n) is 9.91. The largest absolute Gasteiger partial charge is 0.353 e. The number of carbonyl (C=O) groups is 1. The van der Waals surface area contributed by atoms with Crippen molar-refractivity contribution in [3.05, 3.63) is 0 Å². The van der Waals surface area contributed by atoms with Gasteiger partial charge in [0, 0.05) is 13.1 Å². The molecule has 0 saturated carbocycles. The Balaban J connectivity index is 5.07. The first-order chi connectivity index (χ1) is 6.65. The fraction of sp³-hybridized carbons (Fsp3) is 0.889. The van der Waals surface area contributed by atoms with E-state index in [4.69, 9.17) is 0 Å². The van der Waals surface area contributed by atoms with Gasteiger partial charge in [0.2, 0.25) is 10.1 Å². The molecule has 15 heavy (non-hydrogen) atoms. The number of carbonyl (C=O) groups excluding carboxylic acids is 1. The Labute approximate surface area is 91.3 Å². The van der Waals surface area contributed by atoms with Gasteiger partial charge < -0.3 is 4.90 Å². The van der Waals surface area contributed by atoms with E-state index in [2.05, 4.69) is 4.36 Å². The normalized spacial score (nSPS) is 15.6. The fourth-order valence-electron chi connectivity index (χ4n) is 0.789. The molecule has 4 nitrogen and oxygen atoms in total. The van der Waals surface area contributed by atoms with Crippen molar-refractivity contribution in [2.45, 2.75) is 39.4 Å². The molecule has 0 fully saturated rings. The predicted molar refractivity (Wildman–Crippen MR) is 59.7 cm³/mol. The highest BCUT2D eigenvalue weighted by molar-refractivity contribution is 7.90. The molecule has 0 aliphatic carbocycles. The van der Waals surface area contributed by atoms with Crippen LogP contribution in [0.15, 0.2) is 4.36 Å². The van der Waals surface area contributed by atoms with Crippen LogP contribution in [0.4, 0.5) is 8.68 Å². The number of halogens is 1. The molecule has 0 radical (unpaired) electrons. The zero-order chi connectivity index (χ0) is 12.3. The minimum absolute atomic E-state index is 0.429. The van der Waals surface area contributed by atoms with Crippen LogP contribution in [0.25, 0.3) is 0 Å². The molecular weight excluding hydrogens is 219 g/mol. The van der Waals surface area contributed by atoms with E-state index in [9.17, 15) is 12.9 Å². The molecule has 1 atom stereocenters. The van der Waals surface area contributed by atoms with Crippen molar-refractivity contribution in [3.63, 3.8) is 0 Å². The van der Waals surface area contributed by atoms with Gasteiger partial charge in [-0.1, -0.05) is 0 Å². The first-order valence-electron chi connectivity index (χ1n) is 4.91. The van der Waals surface area contributed by atoms with Gasteiger partial charge >= 0.3 is 6.03 Å². The molecule has 0 aromatic rings. The second-order valence-electron chi connectivity index (χ2n) is 4.12. The lowest BCUT2D eigenvalue weighted by molar-refractivity contribution is 0.213. The van der Waals surface area contributed by atoms with E-state index >= 15 is 0 Å². The second-order valence-corrected chi connectivity index (χ2v) is 6.44. The highest BCUT2D eigenvalue weighted by Crippen LogP contribution is 2.20. The number of hydrogen-bond acceptors (Lipinski definition) is 2. The van der Waals surface area contributed by atoms with Crippen LogP contribution in [0.5, 0.6) is 0 Å². The second kappa shape index (κ2) is 4.92. The van der Waals surface area contributed by atoms with Gasteiger partial charge in [-0.25, -0.2) is 9.00 Å². The van der Waals surface area contributed by atoms with Gasteiger partial charge in [0.15, 0.2) is 0 Å². The number of hydrogen-bond donors (Lipinski definition) is 0. The molecule has 6 heteroatoms. The van der Waals surface area contributed by atoms with Gasteiger partial charge in [0.1, 0.15) is 0 Å². The number of amides is 2. The molecule has 0 bridgehead atoms.